The number of oxime groups is 1. The molecule has 17 heavy (non-hydrogen) atoms. The van der Waals surface area contributed by atoms with Gasteiger partial charge < -0.3 is 15.8 Å². The molecule has 7 heteroatoms. The summed E-state index contributed by atoms with van der Waals surface area (Å²) in [6.07, 6.45) is 5.63. The van der Waals surface area contributed by atoms with Crippen LogP contribution in [0.25, 0.3) is 0 Å². The Balaban J connectivity index is 2.19. The molecule has 0 bridgehead atoms. The van der Waals surface area contributed by atoms with Gasteiger partial charge in [0, 0.05) is 12.7 Å². The van der Waals surface area contributed by atoms with E-state index in [2.05, 4.69) is 15.4 Å². The number of piperidine rings is 1. The number of carbonyl (C=O) groups is 1. The topological polar surface area (TPSA) is 108 Å². The maximum absolute atomic E-state index is 12.2. The fourth-order valence-corrected chi connectivity index (χ4v) is 2.08. The van der Waals surface area contributed by atoms with Crippen molar-refractivity contribution in [1.82, 2.24) is 15.1 Å². The van der Waals surface area contributed by atoms with E-state index in [9.17, 15) is 4.79 Å². The molecule has 0 aromatic carbocycles. The zero-order valence-corrected chi connectivity index (χ0v) is 9.33. The molecule has 1 aliphatic rings. The summed E-state index contributed by atoms with van der Waals surface area (Å²) in [6.45, 7) is 0.616. The Bertz CT molecular complexity index is 414. The first-order valence-corrected chi connectivity index (χ1v) is 5.51. The van der Waals surface area contributed by atoms with Crippen molar-refractivity contribution in [2.75, 3.05) is 6.54 Å². The molecule has 0 aliphatic carbocycles. The van der Waals surface area contributed by atoms with E-state index < -0.39 is 0 Å². The van der Waals surface area contributed by atoms with Crippen LogP contribution in [0.15, 0.2) is 17.5 Å². The number of aromatic amines is 1. The second kappa shape index (κ2) is 4.86. The number of likely N-dealkylation sites (tertiary alicyclic amines) is 1. The van der Waals surface area contributed by atoms with Crippen LogP contribution in [-0.4, -0.2) is 44.6 Å². The van der Waals surface area contributed by atoms with Gasteiger partial charge in [-0.1, -0.05) is 5.16 Å². The molecule has 7 nitrogen and oxygen atoms in total. The lowest BCUT2D eigenvalue weighted by atomic mass is 10.0. The van der Waals surface area contributed by atoms with Crippen molar-refractivity contribution in [3.63, 3.8) is 0 Å². The standard InChI is InChI=1S/C10H15N5O2/c11-9(14-17)8-3-1-2-4-15(8)10(16)7-5-12-13-6-7/h5-6,8,17H,1-4H2,(H2,11,14)(H,12,13). The number of hydrogen-bond donors (Lipinski definition) is 3. The molecule has 92 valence electrons. The Kier molecular flexibility index (Phi) is 3.27. The Labute approximate surface area is 98.3 Å². The molecule has 1 unspecified atom stereocenters. The molecular weight excluding hydrogens is 222 g/mol. The van der Waals surface area contributed by atoms with Gasteiger partial charge in [-0.3, -0.25) is 9.89 Å². The molecule has 1 aromatic heterocycles. The van der Waals surface area contributed by atoms with E-state index in [0.717, 1.165) is 19.3 Å². The van der Waals surface area contributed by atoms with Gasteiger partial charge in [0.2, 0.25) is 0 Å². The Morgan fingerprint density at radius 3 is 3.12 bits per heavy atom. The van der Waals surface area contributed by atoms with Crippen molar-refractivity contribution in [3.8, 4) is 0 Å². The summed E-state index contributed by atoms with van der Waals surface area (Å²) >= 11 is 0. The summed E-state index contributed by atoms with van der Waals surface area (Å²) in [7, 11) is 0. The quantitative estimate of drug-likeness (QED) is 0.294. The maximum atomic E-state index is 12.2. The number of nitrogens with two attached hydrogens (primary N) is 1. The fraction of sp³-hybridized carbons (Fsp3) is 0.500. The molecule has 0 radical (unpaired) electrons. The van der Waals surface area contributed by atoms with E-state index in [0.29, 0.717) is 12.1 Å². The molecule has 4 N–H and O–H groups in total. The van der Waals surface area contributed by atoms with Gasteiger partial charge in [-0.15, -0.1) is 0 Å². The Hall–Kier alpha value is -2.05. The molecule has 2 heterocycles. The number of nitrogens with one attached hydrogen (secondary N) is 1. The minimum atomic E-state index is -0.323. The zero-order valence-electron chi connectivity index (χ0n) is 9.33. The molecule has 1 aliphatic heterocycles. The molecule has 0 saturated carbocycles. The van der Waals surface area contributed by atoms with Crippen molar-refractivity contribution in [2.45, 2.75) is 25.3 Å². The molecule has 1 fully saturated rings. The van der Waals surface area contributed by atoms with Crippen LogP contribution in [-0.2, 0) is 0 Å². The van der Waals surface area contributed by atoms with Gasteiger partial charge in [-0.25, -0.2) is 0 Å². The predicted octanol–water partition coefficient (Wildman–Crippen LogP) is 0.151. The largest absolute Gasteiger partial charge is 0.409 e. The number of aromatic nitrogens is 2. The van der Waals surface area contributed by atoms with Crippen LogP contribution in [0.3, 0.4) is 0 Å². The van der Waals surface area contributed by atoms with Crippen LogP contribution >= 0.6 is 0 Å². The third-order valence-corrected chi connectivity index (χ3v) is 2.97. The van der Waals surface area contributed by atoms with Gasteiger partial charge in [-0.2, -0.15) is 5.10 Å². The number of hydrogen-bond acceptors (Lipinski definition) is 4. The number of amides is 1. The van der Waals surface area contributed by atoms with E-state index >= 15 is 0 Å². The van der Waals surface area contributed by atoms with E-state index in [1.807, 2.05) is 0 Å². The number of nitrogens with zero attached hydrogens (tertiary/aromatic N) is 3. The highest BCUT2D eigenvalue weighted by Crippen LogP contribution is 2.19. The first kappa shape index (κ1) is 11.4. The van der Waals surface area contributed by atoms with E-state index in [4.69, 9.17) is 10.9 Å². The lowest BCUT2D eigenvalue weighted by Gasteiger charge is -2.34. The van der Waals surface area contributed by atoms with Crippen LogP contribution in [0.2, 0.25) is 0 Å². The average Bonchev–Trinajstić information content (AvgIpc) is 2.91. The van der Waals surface area contributed by atoms with E-state index in [-0.39, 0.29) is 17.8 Å². The molecule has 1 saturated heterocycles. The lowest BCUT2D eigenvalue weighted by Crippen LogP contribution is -2.50. The second-order valence-electron chi connectivity index (χ2n) is 4.02. The summed E-state index contributed by atoms with van der Waals surface area (Å²) in [6, 6.07) is -0.323. The summed E-state index contributed by atoms with van der Waals surface area (Å²) in [4.78, 5) is 13.8. The minimum Gasteiger partial charge on any atom is -0.409 e. The summed E-state index contributed by atoms with van der Waals surface area (Å²) in [5.41, 5.74) is 6.10. The fourth-order valence-electron chi connectivity index (χ4n) is 2.08. The highest BCUT2D eigenvalue weighted by molar-refractivity contribution is 5.98. The van der Waals surface area contributed by atoms with Gasteiger partial charge in [0.05, 0.1) is 17.8 Å². The van der Waals surface area contributed by atoms with Crippen molar-refractivity contribution in [3.05, 3.63) is 18.0 Å². The van der Waals surface area contributed by atoms with Crippen molar-refractivity contribution < 1.29 is 10.0 Å². The van der Waals surface area contributed by atoms with Crippen LogP contribution in [0, 0.1) is 0 Å². The van der Waals surface area contributed by atoms with Crippen LogP contribution < -0.4 is 5.73 Å². The van der Waals surface area contributed by atoms with Gasteiger partial charge in [-0.05, 0) is 19.3 Å². The van der Waals surface area contributed by atoms with Crippen molar-refractivity contribution in [2.24, 2.45) is 10.9 Å². The van der Waals surface area contributed by atoms with Crippen LogP contribution in [0.1, 0.15) is 29.6 Å². The zero-order chi connectivity index (χ0) is 12.3. The van der Waals surface area contributed by atoms with Gasteiger partial charge in [0.15, 0.2) is 5.84 Å². The average molecular weight is 237 g/mol. The van der Waals surface area contributed by atoms with Crippen molar-refractivity contribution >= 4 is 11.7 Å². The molecule has 1 amide bonds. The summed E-state index contributed by atoms with van der Waals surface area (Å²) in [5, 5.41) is 18.1. The van der Waals surface area contributed by atoms with E-state index in [1.165, 1.54) is 6.20 Å². The number of rotatable bonds is 2. The van der Waals surface area contributed by atoms with Crippen LogP contribution in [0.5, 0.6) is 0 Å². The smallest absolute Gasteiger partial charge is 0.257 e. The monoisotopic (exact) mass is 237 g/mol. The Morgan fingerprint density at radius 1 is 1.65 bits per heavy atom. The Morgan fingerprint density at radius 2 is 2.47 bits per heavy atom. The minimum absolute atomic E-state index is 0.0848. The lowest BCUT2D eigenvalue weighted by molar-refractivity contribution is 0.0676. The van der Waals surface area contributed by atoms with Gasteiger partial charge in [0.1, 0.15) is 0 Å². The van der Waals surface area contributed by atoms with Gasteiger partial charge >= 0.3 is 0 Å². The first-order chi connectivity index (χ1) is 8.24. The number of carbonyl (C=O) groups excluding carboxylic acids is 1. The summed E-state index contributed by atoms with van der Waals surface area (Å²) < 4.78 is 0. The van der Waals surface area contributed by atoms with E-state index in [1.54, 1.807) is 11.1 Å². The molecule has 1 aromatic rings. The van der Waals surface area contributed by atoms with Gasteiger partial charge in [0.25, 0.3) is 5.91 Å². The van der Waals surface area contributed by atoms with Crippen molar-refractivity contribution in [1.29, 1.82) is 0 Å². The third-order valence-electron chi connectivity index (χ3n) is 2.97. The first-order valence-electron chi connectivity index (χ1n) is 5.51. The molecular formula is C10H15N5O2. The maximum Gasteiger partial charge on any atom is 0.257 e. The molecule has 1 atom stereocenters. The second-order valence-corrected chi connectivity index (χ2v) is 4.02. The van der Waals surface area contributed by atoms with Crippen LogP contribution in [0.4, 0.5) is 0 Å². The number of H-pyrrole nitrogens is 1. The molecule has 0 spiro atoms. The molecule has 2 rings (SSSR count). The SMILES string of the molecule is NC(=NO)C1CCCCN1C(=O)c1cn[nH]c1. The summed E-state index contributed by atoms with van der Waals surface area (Å²) in [5.74, 6) is -0.0587. The number of amidine groups is 1. The highest BCUT2D eigenvalue weighted by atomic mass is 16.4. The predicted molar refractivity (Wildman–Crippen MR) is 60.7 cm³/mol. The normalized spacial score (nSPS) is 21.5. The third kappa shape index (κ3) is 2.22. The highest BCUT2D eigenvalue weighted by Gasteiger charge is 2.30.